The number of likely N-dealkylation sites (tertiary alicyclic amines) is 1. The summed E-state index contributed by atoms with van der Waals surface area (Å²) in [6.45, 7) is 13.8. The van der Waals surface area contributed by atoms with Crippen molar-refractivity contribution in [2.75, 3.05) is 46.3 Å². The lowest BCUT2D eigenvalue weighted by atomic mass is 9.63. The van der Waals surface area contributed by atoms with E-state index in [0.717, 1.165) is 73.6 Å². The molecule has 1 aromatic heterocycles. The van der Waals surface area contributed by atoms with Gasteiger partial charge in [-0.1, -0.05) is 45.9 Å². The van der Waals surface area contributed by atoms with Gasteiger partial charge in [-0.05, 0) is 107 Å². The number of halogens is 1. The molecule has 1 aliphatic carbocycles. The van der Waals surface area contributed by atoms with Crippen LogP contribution < -0.4 is 0 Å². The third-order valence-electron chi connectivity index (χ3n) is 10.2. The number of para-hydroxylation sites is 2. The smallest absolute Gasteiger partial charge is 0.407 e. The van der Waals surface area contributed by atoms with Crippen molar-refractivity contribution in [3.8, 4) is 0 Å². The number of nitrogens with one attached hydrogen (secondary N) is 1. The molecule has 1 fully saturated rings. The van der Waals surface area contributed by atoms with Crippen LogP contribution in [0.4, 0.5) is 9.18 Å². The second kappa shape index (κ2) is 12.9. The zero-order valence-corrected chi connectivity index (χ0v) is 26.7. The van der Waals surface area contributed by atoms with Crippen LogP contribution in [0.5, 0.6) is 0 Å². The summed E-state index contributed by atoms with van der Waals surface area (Å²) in [6.07, 6.45) is 4.57. The van der Waals surface area contributed by atoms with Gasteiger partial charge in [0.05, 0.1) is 16.6 Å². The second-order valence-corrected chi connectivity index (χ2v) is 13.9. The highest BCUT2D eigenvalue weighted by Gasteiger charge is 2.50. The summed E-state index contributed by atoms with van der Waals surface area (Å²) in [5.41, 5.74) is 3.49. The number of amides is 1. The fourth-order valence-corrected chi connectivity index (χ4v) is 7.70. The van der Waals surface area contributed by atoms with E-state index in [0.29, 0.717) is 19.4 Å². The highest BCUT2D eigenvalue weighted by atomic mass is 19.1. The Kier molecular flexibility index (Phi) is 9.47. The van der Waals surface area contributed by atoms with Gasteiger partial charge in [0.1, 0.15) is 11.6 Å². The number of nitrogens with zero attached hydrogens (tertiary/aromatic N) is 4. The Hall–Kier alpha value is -2.97. The maximum Gasteiger partial charge on any atom is 0.407 e. The molecule has 5 rings (SSSR count). The van der Waals surface area contributed by atoms with Gasteiger partial charge in [0.2, 0.25) is 0 Å². The molecular formula is C35H50FN5O2. The number of benzene rings is 2. The molecule has 1 amide bonds. The Labute approximate surface area is 256 Å². The van der Waals surface area contributed by atoms with Crippen LogP contribution in [0.3, 0.4) is 0 Å². The summed E-state index contributed by atoms with van der Waals surface area (Å²) in [6, 6.07) is 13.3. The first-order valence-corrected chi connectivity index (χ1v) is 16.2. The molecule has 43 heavy (non-hydrogen) atoms. The fourth-order valence-electron chi connectivity index (χ4n) is 7.70. The molecule has 1 saturated heterocycles. The Morgan fingerprint density at radius 1 is 1.16 bits per heavy atom. The molecule has 2 atom stereocenters. The summed E-state index contributed by atoms with van der Waals surface area (Å²) < 4.78 is 14.3. The zero-order chi connectivity index (χ0) is 30.8. The van der Waals surface area contributed by atoms with Crippen molar-refractivity contribution in [2.24, 2.45) is 5.92 Å². The number of fused-ring (bicyclic) bond motifs is 2. The summed E-state index contributed by atoms with van der Waals surface area (Å²) in [5, 5.41) is 10.7. The van der Waals surface area contributed by atoms with Crippen LogP contribution in [0.1, 0.15) is 82.7 Å². The number of rotatable bonds is 12. The molecule has 1 aliphatic heterocycles. The van der Waals surface area contributed by atoms with E-state index in [1.54, 1.807) is 17.0 Å². The van der Waals surface area contributed by atoms with E-state index < -0.39 is 11.6 Å². The van der Waals surface area contributed by atoms with Crippen LogP contribution in [-0.4, -0.2) is 87.7 Å². The number of aromatic amines is 1. The van der Waals surface area contributed by atoms with Crippen LogP contribution >= 0.6 is 0 Å². The average molecular weight is 592 g/mol. The lowest BCUT2D eigenvalue weighted by molar-refractivity contribution is 0.0173. The largest absolute Gasteiger partial charge is 0.465 e. The number of carboxylic acid groups (broad SMARTS) is 1. The van der Waals surface area contributed by atoms with E-state index in [1.807, 2.05) is 24.3 Å². The third kappa shape index (κ3) is 6.75. The number of H-pyrrole nitrogens is 1. The van der Waals surface area contributed by atoms with Crippen molar-refractivity contribution in [3.05, 3.63) is 65.2 Å². The first-order chi connectivity index (χ1) is 20.5. The molecule has 2 aromatic carbocycles. The van der Waals surface area contributed by atoms with E-state index in [9.17, 15) is 14.3 Å². The van der Waals surface area contributed by atoms with Gasteiger partial charge in [0, 0.05) is 31.0 Å². The van der Waals surface area contributed by atoms with Gasteiger partial charge in [-0.2, -0.15) is 0 Å². The minimum atomic E-state index is -0.843. The Balaban J connectivity index is 1.37. The quantitative estimate of drug-likeness (QED) is 0.240. The van der Waals surface area contributed by atoms with Gasteiger partial charge in [-0.3, -0.25) is 0 Å². The molecule has 0 radical (unpaired) electrons. The van der Waals surface area contributed by atoms with E-state index >= 15 is 0 Å². The third-order valence-corrected chi connectivity index (χ3v) is 10.2. The number of aromatic nitrogens is 2. The number of hydrogen-bond donors (Lipinski definition) is 2. The number of aryl methyl sites for hydroxylation is 1. The first-order valence-electron chi connectivity index (χ1n) is 16.2. The number of imidazole rings is 1. The molecule has 3 aromatic rings. The second-order valence-electron chi connectivity index (χ2n) is 13.9. The van der Waals surface area contributed by atoms with Gasteiger partial charge in [-0.15, -0.1) is 0 Å². The van der Waals surface area contributed by atoms with Crippen molar-refractivity contribution in [1.29, 1.82) is 0 Å². The maximum atomic E-state index is 14.3. The lowest BCUT2D eigenvalue weighted by Crippen LogP contribution is -2.60. The molecular weight excluding hydrogens is 541 g/mol. The monoisotopic (exact) mass is 591 g/mol. The predicted molar refractivity (Wildman–Crippen MR) is 171 cm³/mol. The molecule has 0 saturated carbocycles. The van der Waals surface area contributed by atoms with Gasteiger partial charge in [-0.25, -0.2) is 14.2 Å². The maximum absolute atomic E-state index is 14.3. The molecule has 234 valence electrons. The molecule has 2 N–H and O–H groups in total. The van der Waals surface area contributed by atoms with Gasteiger partial charge < -0.3 is 24.8 Å². The molecule has 7 nitrogen and oxygen atoms in total. The van der Waals surface area contributed by atoms with E-state index in [2.05, 4.69) is 55.6 Å². The molecule has 0 unspecified atom stereocenters. The summed E-state index contributed by atoms with van der Waals surface area (Å²) in [7, 11) is 2.15. The molecule has 2 aliphatic rings. The van der Waals surface area contributed by atoms with E-state index in [1.165, 1.54) is 12.8 Å². The van der Waals surface area contributed by atoms with Crippen LogP contribution in [0.2, 0.25) is 0 Å². The average Bonchev–Trinajstić information content (AvgIpc) is 3.65. The normalized spacial score (nSPS) is 21.2. The molecule has 8 heteroatoms. The van der Waals surface area contributed by atoms with Crippen LogP contribution in [0.25, 0.3) is 11.0 Å². The fraction of sp³-hybridized carbons (Fsp3) is 0.600. The predicted octanol–water partition coefficient (Wildman–Crippen LogP) is 6.89. The minimum Gasteiger partial charge on any atom is -0.465 e. The standard InChI is InChI=1S/C35H50FN5O2/c1-25(2)31-28-13-12-27(36)24-26(28)14-15-35(31,41(33(42)43)23-22-40-18-8-9-19-40)17-21-39(5)20-16-34(3,4)32-37-29-10-6-7-11-30(29)38-32/h6-7,10-13,24-25,31H,8-9,14-23H2,1-5H3,(H,37,38)(H,42,43)/t31-,35-/m0/s1. The van der Waals surface area contributed by atoms with Crippen molar-refractivity contribution in [1.82, 2.24) is 24.7 Å². The molecule has 2 heterocycles. The summed E-state index contributed by atoms with van der Waals surface area (Å²) in [4.78, 5) is 28.0. The molecule has 0 bridgehead atoms. The van der Waals surface area contributed by atoms with E-state index in [4.69, 9.17) is 4.98 Å². The lowest BCUT2D eigenvalue weighted by Gasteiger charge is -2.53. The van der Waals surface area contributed by atoms with Crippen LogP contribution in [-0.2, 0) is 11.8 Å². The minimum absolute atomic E-state index is 0.00748. The molecule has 0 spiro atoms. The topological polar surface area (TPSA) is 75.7 Å². The summed E-state index contributed by atoms with van der Waals surface area (Å²) >= 11 is 0. The van der Waals surface area contributed by atoms with Crippen molar-refractivity contribution >= 4 is 17.1 Å². The Morgan fingerprint density at radius 2 is 1.91 bits per heavy atom. The zero-order valence-electron chi connectivity index (χ0n) is 26.7. The SMILES string of the molecule is CC(C)[C@H]1c2ccc(F)cc2CC[C@@]1(CCN(C)CCC(C)(C)c1nc2ccccc2[nH]1)N(CCN1CCCC1)C(=O)O. The number of carbonyl (C=O) groups is 1. The van der Waals surface area contributed by atoms with Crippen molar-refractivity contribution in [2.45, 2.75) is 83.1 Å². The van der Waals surface area contributed by atoms with Crippen LogP contribution in [0, 0.1) is 11.7 Å². The van der Waals surface area contributed by atoms with Gasteiger partial charge in [0.25, 0.3) is 0 Å². The van der Waals surface area contributed by atoms with E-state index in [-0.39, 0.29) is 23.1 Å². The Morgan fingerprint density at radius 3 is 2.60 bits per heavy atom. The Bertz CT molecular complexity index is 1360. The van der Waals surface area contributed by atoms with Crippen molar-refractivity contribution < 1.29 is 14.3 Å². The first kappa shape index (κ1) is 31.5. The van der Waals surface area contributed by atoms with Gasteiger partial charge in [0.15, 0.2) is 0 Å². The van der Waals surface area contributed by atoms with Crippen LogP contribution in [0.15, 0.2) is 42.5 Å². The highest BCUT2D eigenvalue weighted by Crippen LogP contribution is 2.49. The summed E-state index contributed by atoms with van der Waals surface area (Å²) in [5.74, 6) is 0.973. The van der Waals surface area contributed by atoms with Crippen molar-refractivity contribution in [3.63, 3.8) is 0 Å². The highest BCUT2D eigenvalue weighted by molar-refractivity contribution is 5.75. The van der Waals surface area contributed by atoms with Gasteiger partial charge >= 0.3 is 6.09 Å². The number of hydrogen-bond acceptors (Lipinski definition) is 4.